The molecule has 1 N–H and O–H groups in total. The Hall–Kier alpha value is -0.490. The average molecular weight is 259 g/mol. The van der Waals surface area contributed by atoms with E-state index in [-0.39, 0.29) is 0 Å². The van der Waals surface area contributed by atoms with Gasteiger partial charge in [-0.3, -0.25) is 4.21 Å². The molecule has 1 aromatic rings. The van der Waals surface area contributed by atoms with Crippen LogP contribution in [0.3, 0.4) is 0 Å². The maximum Gasteiger partial charge on any atom is 0.202 e. The summed E-state index contributed by atoms with van der Waals surface area (Å²) in [5.74, 6) is 2.57. The molecule has 1 aliphatic rings. The van der Waals surface area contributed by atoms with E-state index in [1.54, 1.807) is 0 Å². The van der Waals surface area contributed by atoms with E-state index in [0.29, 0.717) is 6.04 Å². The maximum absolute atomic E-state index is 11.2. The van der Waals surface area contributed by atoms with Gasteiger partial charge in [0.25, 0.3) is 0 Å². The first-order valence-corrected chi connectivity index (χ1v) is 7.98. The van der Waals surface area contributed by atoms with Gasteiger partial charge in [-0.15, -0.1) is 0 Å². The number of anilines is 1. The second-order valence-corrected chi connectivity index (χ2v) is 6.48. The summed E-state index contributed by atoms with van der Waals surface area (Å²) in [5.41, 5.74) is 0. The molecule has 1 fully saturated rings. The van der Waals surface area contributed by atoms with Crippen LogP contribution in [0, 0.1) is 0 Å². The highest BCUT2D eigenvalue weighted by Gasteiger charge is 2.18. The highest BCUT2D eigenvalue weighted by Crippen LogP contribution is 2.18. The number of aromatic nitrogens is 2. The largest absolute Gasteiger partial charge is 0.357 e. The lowest BCUT2D eigenvalue weighted by atomic mass is 10.2. The van der Waals surface area contributed by atoms with Gasteiger partial charge in [0.1, 0.15) is 5.82 Å². The van der Waals surface area contributed by atoms with Crippen LogP contribution in [-0.4, -0.2) is 31.1 Å². The van der Waals surface area contributed by atoms with Crippen LogP contribution < -0.4 is 5.32 Å². The van der Waals surface area contributed by atoms with E-state index in [1.807, 2.05) is 0 Å². The van der Waals surface area contributed by atoms with Crippen molar-refractivity contribution in [1.82, 2.24) is 9.36 Å². The standard InChI is InChI=1S/C10H17N3OS2/c1-2-3-9-12-10(15-13-9)11-8-4-6-16(14)7-5-8/h8H,2-7H2,1H3,(H,11,12,13). The molecule has 0 saturated carbocycles. The number of hydrogen-bond donors (Lipinski definition) is 1. The van der Waals surface area contributed by atoms with Crippen LogP contribution >= 0.6 is 11.5 Å². The van der Waals surface area contributed by atoms with Crippen LogP contribution in [0.25, 0.3) is 0 Å². The van der Waals surface area contributed by atoms with Gasteiger partial charge in [0.05, 0.1) is 0 Å². The van der Waals surface area contributed by atoms with Crippen molar-refractivity contribution < 1.29 is 4.21 Å². The quantitative estimate of drug-likeness (QED) is 0.896. The normalized spacial score (nSPS) is 25.6. The molecule has 0 aliphatic carbocycles. The van der Waals surface area contributed by atoms with E-state index in [4.69, 9.17) is 0 Å². The Labute approximate surface area is 102 Å². The van der Waals surface area contributed by atoms with Crippen LogP contribution in [0.4, 0.5) is 5.13 Å². The molecule has 0 amide bonds. The fourth-order valence-electron chi connectivity index (χ4n) is 1.75. The predicted octanol–water partition coefficient (Wildman–Crippen LogP) is 1.81. The fraction of sp³-hybridized carbons (Fsp3) is 0.800. The van der Waals surface area contributed by atoms with Crippen LogP contribution in [-0.2, 0) is 17.2 Å². The lowest BCUT2D eigenvalue weighted by molar-refractivity contribution is 0.623. The summed E-state index contributed by atoms with van der Waals surface area (Å²) >= 11 is 1.44. The van der Waals surface area contributed by atoms with Gasteiger partial charge in [0, 0.05) is 46.3 Å². The number of aryl methyl sites for hydroxylation is 1. The van der Waals surface area contributed by atoms with Gasteiger partial charge in [-0.25, -0.2) is 4.98 Å². The molecular weight excluding hydrogens is 242 g/mol. The summed E-state index contributed by atoms with van der Waals surface area (Å²) in [5, 5.41) is 4.31. The van der Waals surface area contributed by atoms with Crippen molar-refractivity contribution >= 4 is 27.5 Å². The molecule has 0 unspecified atom stereocenters. The van der Waals surface area contributed by atoms with Gasteiger partial charge in [-0.05, 0) is 19.3 Å². The average Bonchev–Trinajstić information content (AvgIpc) is 2.70. The Morgan fingerprint density at radius 3 is 2.94 bits per heavy atom. The van der Waals surface area contributed by atoms with E-state index in [0.717, 1.165) is 48.1 Å². The molecule has 4 nitrogen and oxygen atoms in total. The zero-order valence-corrected chi connectivity index (χ0v) is 11.1. The smallest absolute Gasteiger partial charge is 0.202 e. The van der Waals surface area contributed by atoms with E-state index >= 15 is 0 Å². The third kappa shape index (κ3) is 3.25. The van der Waals surface area contributed by atoms with Gasteiger partial charge >= 0.3 is 0 Å². The zero-order valence-electron chi connectivity index (χ0n) is 9.44. The first-order valence-electron chi connectivity index (χ1n) is 5.72. The number of rotatable bonds is 4. The highest BCUT2D eigenvalue weighted by atomic mass is 32.2. The summed E-state index contributed by atoms with van der Waals surface area (Å²) in [6.07, 6.45) is 4.00. The van der Waals surface area contributed by atoms with E-state index in [9.17, 15) is 4.21 Å². The minimum atomic E-state index is -0.589. The molecule has 1 aliphatic heterocycles. The molecule has 0 bridgehead atoms. The molecule has 2 heterocycles. The lowest BCUT2D eigenvalue weighted by Crippen LogP contribution is -2.29. The second-order valence-electron chi connectivity index (χ2n) is 4.03. The number of hydrogen-bond acceptors (Lipinski definition) is 5. The molecule has 1 aromatic heterocycles. The van der Waals surface area contributed by atoms with Crippen molar-refractivity contribution in [2.75, 3.05) is 16.8 Å². The van der Waals surface area contributed by atoms with Crippen LogP contribution in [0.15, 0.2) is 0 Å². The second kappa shape index (κ2) is 5.72. The van der Waals surface area contributed by atoms with Gasteiger partial charge in [-0.2, -0.15) is 4.37 Å². The Balaban J connectivity index is 1.86. The summed E-state index contributed by atoms with van der Waals surface area (Å²) in [4.78, 5) is 4.43. The van der Waals surface area contributed by atoms with Gasteiger partial charge < -0.3 is 5.32 Å². The summed E-state index contributed by atoms with van der Waals surface area (Å²) in [7, 11) is -0.589. The van der Waals surface area contributed by atoms with E-state index in [1.165, 1.54) is 11.5 Å². The molecule has 90 valence electrons. The minimum Gasteiger partial charge on any atom is -0.357 e. The number of nitrogens with one attached hydrogen (secondary N) is 1. The molecule has 1 saturated heterocycles. The van der Waals surface area contributed by atoms with Crippen molar-refractivity contribution in [2.45, 2.75) is 38.6 Å². The molecule has 16 heavy (non-hydrogen) atoms. The first-order chi connectivity index (χ1) is 7.78. The van der Waals surface area contributed by atoms with Crippen molar-refractivity contribution in [2.24, 2.45) is 0 Å². The van der Waals surface area contributed by atoms with Crippen LogP contribution in [0.5, 0.6) is 0 Å². The molecule has 0 spiro atoms. The number of nitrogens with zero attached hydrogens (tertiary/aromatic N) is 2. The summed E-state index contributed by atoms with van der Waals surface area (Å²) in [6, 6.07) is 0.431. The zero-order chi connectivity index (χ0) is 11.4. The molecule has 0 aromatic carbocycles. The fourth-order valence-corrected chi connectivity index (χ4v) is 3.74. The van der Waals surface area contributed by atoms with Crippen molar-refractivity contribution in [3.63, 3.8) is 0 Å². The summed E-state index contributed by atoms with van der Waals surface area (Å²) in [6.45, 7) is 2.13. The highest BCUT2D eigenvalue weighted by molar-refractivity contribution is 7.85. The Morgan fingerprint density at radius 2 is 2.25 bits per heavy atom. The van der Waals surface area contributed by atoms with E-state index in [2.05, 4.69) is 21.6 Å². The molecule has 0 atom stereocenters. The lowest BCUT2D eigenvalue weighted by Gasteiger charge is -2.21. The Kier molecular flexibility index (Phi) is 4.29. The van der Waals surface area contributed by atoms with Crippen molar-refractivity contribution in [3.05, 3.63) is 5.82 Å². The SMILES string of the molecule is CCCc1nsc(NC2CCS(=O)CC2)n1. The maximum atomic E-state index is 11.2. The van der Waals surface area contributed by atoms with E-state index < -0.39 is 10.8 Å². The van der Waals surface area contributed by atoms with Gasteiger partial charge in [0.2, 0.25) is 5.13 Å². The van der Waals surface area contributed by atoms with Crippen molar-refractivity contribution in [3.8, 4) is 0 Å². The van der Waals surface area contributed by atoms with Crippen LogP contribution in [0.1, 0.15) is 32.0 Å². The van der Waals surface area contributed by atoms with Crippen LogP contribution in [0.2, 0.25) is 0 Å². The molecule has 6 heteroatoms. The molecule has 2 rings (SSSR count). The molecular formula is C10H17N3OS2. The third-order valence-electron chi connectivity index (χ3n) is 2.66. The first kappa shape index (κ1) is 12.0. The Bertz CT molecular complexity index is 357. The van der Waals surface area contributed by atoms with Gasteiger partial charge in [-0.1, -0.05) is 6.92 Å². The third-order valence-corrected chi connectivity index (χ3v) is 4.72. The summed E-state index contributed by atoms with van der Waals surface area (Å²) < 4.78 is 15.5. The monoisotopic (exact) mass is 259 g/mol. The van der Waals surface area contributed by atoms with Crippen molar-refractivity contribution in [1.29, 1.82) is 0 Å². The topological polar surface area (TPSA) is 54.9 Å². The minimum absolute atomic E-state index is 0.431. The Morgan fingerprint density at radius 1 is 1.50 bits per heavy atom. The molecule has 0 radical (unpaired) electrons. The predicted molar refractivity (Wildman–Crippen MR) is 68.4 cm³/mol. The van der Waals surface area contributed by atoms with Gasteiger partial charge in [0.15, 0.2) is 0 Å².